The van der Waals surface area contributed by atoms with E-state index >= 15 is 0 Å². The fourth-order valence-corrected chi connectivity index (χ4v) is 2.03. The van der Waals surface area contributed by atoms with Crippen molar-refractivity contribution in [3.05, 3.63) is 29.8 Å². The smallest absolute Gasteiger partial charge is 0.227 e. The van der Waals surface area contributed by atoms with Crippen LogP contribution in [0.15, 0.2) is 24.3 Å². The van der Waals surface area contributed by atoms with Crippen LogP contribution in [0.4, 0.5) is 5.69 Å². The van der Waals surface area contributed by atoms with Gasteiger partial charge in [0.2, 0.25) is 5.91 Å². The van der Waals surface area contributed by atoms with Crippen LogP contribution in [0.3, 0.4) is 0 Å². The van der Waals surface area contributed by atoms with Crippen LogP contribution in [0.5, 0.6) is 0 Å². The topological polar surface area (TPSA) is 37.4 Å². The third-order valence-corrected chi connectivity index (χ3v) is 3.01. The Morgan fingerprint density at radius 2 is 2.19 bits per heavy atom. The number of amides is 1. The number of rotatable bonds is 2. The largest absolute Gasteiger partial charge is 0.312 e. The molecule has 1 amide bonds. The van der Waals surface area contributed by atoms with Gasteiger partial charge in [0.1, 0.15) is 5.78 Å². The Morgan fingerprint density at radius 3 is 2.75 bits per heavy atom. The highest BCUT2D eigenvalue weighted by Gasteiger charge is 2.32. The van der Waals surface area contributed by atoms with Gasteiger partial charge in [-0.2, -0.15) is 0 Å². The van der Waals surface area contributed by atoms with E-state index < -0.39 is 0 Å². The van der Waals surface area contributed by atoms with Crippen molar-refractivity contribution in [1.82, 2.24) is 0 Å². The van der Waals surface area contributed by atoms with Crippen molar-refractivity contribution in [2.45, 2.75) is 20.3 Å². The van der Waals surface area contributed by atoms with Gasteiger partial charge in [0, 0.05) is 24.6 Å². The summed E-state index contributed by atoms with van der Waals surface area (Å²) in [5, 5.41) is 0. The number of anilines is 1. The maximum atomic E-state index is 11.8. The molecule has 0 saturated carbocycles. The Morgan fingerprint density at radius 1 is 1.44 bits per heavy atom. The van der Waals surface area contributed by atoms with Crippen LogP contribution in [-0.2, 0) is 9.59 Å². The van der Waals surface area contributed by atoms with Crippen molar-refractivity contribution in [1.29, 1.82) is 0 Å². The summed E-state index contributed by atoms with van der Waals surface area (Å²) in [5.41, 5.74) is 2.02. The van der Waals surface area contributed by atoms with E-state index in [-0.39, 0.29) is 17.6 Å². The highest BCUT2D eigenvalue weighted by atomic mass is 16.2. The van der Waals surface area contributed by atoms with E-state index in [1.54, 1.807) is 11.8 Å². The quantitative estimate of drug-likeness (QED) is 0.759. The van der Waals surface area contributed by atoms with Crippen molar-refractivity contribution in [2.24, 2.45) is 5.92 Å². The lowest BCUT2D eigenvalue weighted by molar-refractivity contribution is -0.123. The minimum absolute atomic E-state index is 0.0470. The molecule has 0 bridgehead atoms. The summed E-state index contributed by atoms with van der Waals surface area (Å²) in [5.74, 6) is 0.0160. The summed E-state index contributed by atoms with van der Waals surface area (Å²) in [6.07, 6.45) is 0.350. The predicted octanol–water partition coefficient (Wildman–Crippen LogP) is 1.94. The standard InChI is InChI=1S/C13H15NO2/c1-9-4-3-5-12(6-9)14-8-11(10(2)15)7-13(14)16/h3-6,11H,7-8H2,1-2H3. The molecule has 16 heavy (non-hydrogen) atoms. The van der Waals surface area contributed by atoms with Crippen LogP contribution >= 0.6 is 0 Å². The van der Waals surface area contributed by atoms with Gasteiger partial charge in [0.15, 0.2) is 0 Å². The van der Waals surface area contributed by atoms with Gasteiger partial charge < -0.3 is 4.90 Å². The molecule has 1 saturated heterocycles. The lowest BCUT2D eigenvalue weighted by atomic mass is 10.1. The van der Waals surface area contributed by atoms with Crippen LogP contribution in [0.1, 0.15) is 18.9 Å². The number of nitrogens with zero attached hydrogens (tertiary/aromatic N) is 1. The van der Waals surface area contributed by atoms with Gasteiger partial charge in [-0.25, -0.2) is 0 Å². The maximum absolute atomic E-state index is 11.8. The summed E-state index contributed by atoms with van der Waals surface area (Å²) in [6, 6.07) is 7.80. The molecule has 2 rings (SSSR count). The Bertz CT molecular complexity index is 439. The molecular weight excluding hydrogens is 202 g/mol. The maximum Gasteiger partial charge on any atom is 0.227 e. The summed E-state index contributed by atoms with van der Waals surface area (Å²) >= 11 is 0. The van der Waals surface area contributed by atoms with E-state index in [0.717, 1.165) is 11.3 Å². The number of benzene rings is 1. The number of aryl methyl sites for hydroxylation is 1. The summed E-state index contributed by atoms with van der Waals surface area (Å²) in [6.45, 7) is 4.07. The first-order valence-electron chi connectivity index (χ1n) is 5.45. The van der Waals surface area contributed by atoms with Gasteiger partial charge in [0.25, 0.3) is 0 Å². The fourth-order valence-electron chi connectivity index (χ4n) is 2.03. The van der Waals surface area contributed by atoms with Gasteiger partial charge in [-0.3, -0.25) is 9.59 Å². The van der Waals surface area contributed by atoms with Crippen molar-refractivity contribution in [2.75, 3.05) is 11.4 Å². The summed E-state index contributed by atoms with van der Waals surface area (Å²) in [4.78, 5) is 24.7. The van der Waals surface area contributed by atoms with E-state index in [1.807, 2.05) is 31.2 Å². The number of hydrogen-bond donors (Lipinski definition) is 0. The monoisotopic (exact) mass is 217 g/mol. The molecule has 1 unspecified atom stereocenters. The zero-order chi connectivity index (χ0) is 11.7. The average Bonchev–Trinajstić information content (AvgIpc) is 2.60. The Kier molecular flexibility index (Phi) is 2.77. The minimum Gasteiger partial charge on any atom is -0.312 e. The van der Waals surface area contributed by atoms with Crippen LogP contribution in [0.25, 0.3) is 0 Å². The Hall–Kier alpha value is -1.64. The van der Waals surface area contributed by atoms with Crippen molar-refractivity contribution in [3.63, 3.8) is 0 Å². The third-order valence-electron chi connectivity index (χ3n) is 3.01. The molecule has 1 aliphatic heterocycles. The fraction of sp³-hybridized carbons (Fsp3) is 0.385. The second-order valence-electron chi connectivity index (χ2n) is 4.36. The van der Waals surface area contributed by atoms with E-state index in [2.05, 4.69) is 0 Å². The third kappa shape index (κ3) is 1.98. The molecule has 1 atom stereocenters. The molecule has 1 fully saturated rings. The lowest BCUT2D eigenvalue weighted by Gasteiger charge is -2.16. The number of carbonyl (C=O) groups is 2. The zero-order valence-electron chi connectivity index (χ0n) is 9.56. The molecule has 0 radical (unpaired) electrons. The van der Waals surface area contributed by atoms with E-state index in [0.29, 0.717) is 13.0 Å². The van der Waals surface area contributed by atoms with Crippen molar-refractivity contribution in [3.8, 4) is 0 Å². The highest BCUT2D eigenvalue weighted by Crippen LogP contribution is 2.25. The molecule has 1 aliphatic rings. The molecule has 0 N–H and O–H groups in total. The van der Waals surface area contributed by atoms with Gasteiger partial charge in [-0.05, 0) is 31.5 Å². The first-order valence-corrected chi connectivity index (χ1v) is 5.45. The van der Waals surface area contributed by atoms with Crippen molar-refractivity contribution >= 4 is 17.4 Å². The van der Waals surface area contributed by atoms with Crippen molar-refractivity contribution < 1.29 is 9.59 Å². The van der Waals surface area contributed by atoms with E-state index in [4.69, 9.17) is 0 Å². The van der Waals surface area contributed by atoms with Crippen LogP contribution in [0, 0.1) is 12.8 Å². The molecular formula is C13H15NO2. The highest BCUT2D eigenvalue weighted by molar-refractivity contribution is 6.00. The summed E-state index contributed by atoms with van der Waals surface area (Å²) in [7, 11) is 0. The number of Topliss-reactive ketones (excluding diaryl/α,β-unsaturated/α-hetero) is 1. The van der Waals surface area contributed by atoms with Gasteiger partial charge in [-0.15, -0.1) is 0 Å². The number of carbonyl (C=O) groups excluding carboxylic acids is 2. The normalized spacial score (nSPS) is 20.2. The Balaban J connectivity index is 2.23. The molecule has 0 spiro atoms. The van der Waals surface area contributed by atoms with Crippen LogP contribution < -0.4 is 4.90 Å². The SMILES string of the molecule is CC(=O)C1CC(=O)N(c2cccc(C)c2)C1. The number of hydrogen-bond acceptors (Lipinski definition) is 2. The van der Waals surface area contributed by atoms with Crippen LogP contribution in [-0.4, -0.2) is 18.2 Å². The number of ketones is 1. The molecule has 0 aromatic heterocycles. The van der Waals surface area contributed by atoms with E-state index in [1.165, 1.54) is 0 Å². The molecule has 3 nitrogen and oxygen atoms in total. The second-order valence-corrected chi connectivity index (χ2v) is 4.36. The molecule has 1 aromatic carbocycles. The molecule has 84 valence electrons. The van der Waals surface area contributed by atoms with Crippen LogP contribution in [0.2, 0.25) is 0 Å². The molecule has 1 heterocycles. The second kappa shape index (κ2) is 4.08. The van der Waals surface area contributed by atoms with E-state index in [9.17, 15) is 9.59 Å². The van der Waals surface area contributed by atoms with Gasteiger partial charge >= 0.3 is 0 Å². The predicted molar refractivity (Wildman–Crippen MR) is 62.3 cm³/mol. The zero-order valence-corrected chi connectivity index (χ0v) is 9.56. The first-order chi connectivity index (χ1) is 7.58. The average molecular weight is 217 g/mol. The summed E-state index contributed by atoms with van der Waals surface area (Å²) < 4.78 is 0. The minimum atomic E-state index is -0.131. The lowest BCUT2D eigenvalue weighted by Crippen LogP contribution is -2.25. The Labute approximate surface area is 95.1 Å². The molecule has 3 heteroatoms. The molecule has 1 aromatic rings. The molecule has 0 aliphatic carbocycles. The van der Waals surface area contributed by atoms with Gasteiger partial charge in [0.05, 0.1) is 0 Å². The van der Waals surface area contributed by atoms with Gasteiger partial charge in [-0.1, -0.05) is 12.1 Å². The first kappa shape index (κ1) is 10.9.